The topological polar surface area (TPSA) is 73.4 Å². The van der Waals surface area contributed by atoms with Gasteiger partial charge in [-0.15, -0.1) is 0 Å². The minimum absolute atomic E-state index is 0.121. The fourth-order valence-electron chi connectivity index (χ4n) is 2.95. The normalized spacial score (nSPS) is 17.0. The van der Waals surface area contributed by atoms with E-state index < -0.39 is 11.2 Å². The summed E-state index contributed by atoms with van der Waals surface area (Å²) in [5.74, 6) is -0.312. The van der Waals surface area contributed by atoms with Gasteiger partial charge in [-0.25, -0.2) is 0 Å². The van der Waals surface area contributed by atoms with E-state index in [9.17, 15) is 14.7 Å². The highest BCUT2D eigenvalue weighted by molar-refractivity contribution is 6.31. The summed E-state index contributed by atoms with van der Waals surface area (Å²) in [4.78, 5) is 28.3. The molecule has 0 radical (unpaired) electrons. The van der Waals surface area contributed by atoms with Crippen LogP contribution in [0.5, 0.6) is 0 Å². The third-order valence-corrected chi connectivity index (χ3v) is 4.63. The quantitative estimate of drug-likeness (QED) is 0.885. The molecule has 0 saturated carbocycles. The number of aliphatic hydroxyl groups is 1. The molecular formula is C17H17ClN2O3. The van der Waals surface area contributed by atoms with E-state index in [0.29, 0.717) is 36.5 Å². The van der Waals surface area contributed by atoms with Gasteiger partial charge in [0.1, 0.15) is 5.56 Å². The summed E-state index contributed by atoms with van der Waals surface area (Å²) in [6, 6.07) is 10.3. The van der Waals surface area contributed by atoms with Gasteiger partial charge < -0.3 is 15.0 Å². The van der Waals surface area contributed by atoms with Gasteiger partial charge in [-0.3, -0.25) is 9.59 Å². The van der Waals surface area contributed by atoms with Crippen LogP contribution in [-0.4, -0.2) is 34.0 Å². The molecule has 23 heavy (non-hydrogen) atoms. The largest absolute Gasteiger partial charge is 0.385 e. The minimum atomic E-state index is -1.04. The Morgan fingerprint density at radius 3 is 2.52 bits per heavy atom. The van der Waals surface area contributed by atoms with Crippen LogP contribution in [-0.2, 0) is 5.60 Å². The van der Waals surface area contributed by atoms with E-state index in [4.69, 9.17) is 11.6 Å². The first-order valence-electron chi connectivity index (χ1n) is 7.46. The molecule has 6 heteroatoms. The van der Waals surface area contributed by atoms with Crippen molar-refractivity contribution in [2.24, 2.45) is 0 Å². The van der Waals surface area contributed by atoms with Gasteiger partial charge in [0.15, 0.2) is 0 Å². The number of aromatic nitrogens is 1. The minimum Gasteiger partial charge on any atom is -0.385 e. The number of rotatable bonds is 2. The number of hydrogen-bond donors (Lipinski definition) is 2. The first-order chi connectivity index (χ1) is 11.0. The number of pyridine rings is 1. The zero-order valence-corrected chi connectivity index (χ0v) is 13.2. The van der Waals surface area contributed by atoms with Crippen molar-refractivity contribution < 1.29 is 9.90 Å². The fraction of sp³-hybridized carbons (Fsp3) is 0.294. The molecule has 1 fully saturated rings. The number of halogens is 1. The van der Waals surface area contributed by atoms with Crippen LogP contribution in [0.15, 0.2) is 47.4 Å². The molecule has 3 rings (SSSR count). The van der Waals surface area contributed by atoms with Crippen molar-refractivity contribution in [2.45, 2.75) is 18.4 Å². The van der Waals surface area contributed by atoms with Crippen LogP contribution in [0.25, 0.3) is 0 Å². The maximum absolute atomic E-state index is 12.4. The van der Waals surface area contributed by atoms with Crippen molar-refractivity contribution >= 4 is 17.5 Å². The number of carbonyl (C=O) groups is 1. The SMILES string of the molecule is O=C(c1ccc[nH]c1=O)N1CCC(O)(c2ccccc2Cl)CC1. The average molecular weight is 333 g/mol. The Hall–Kier alpha value is -2.11. The third kappa shape index (κ3) is 3.02. The molecule has 1 aliphatic rings. The summed E-state index contributed by atoms with van der Waals surface area (Å²) >= 11 is 6.18. The maximum Gasteiger partial charge on any atom is 0.260 e. The summed E-state index contributed by atoms with van der Waals surface area (Å²) in [7, 11) is 0. The van der Waals surface area contributed by atoms with E-state index in [1.54, 1.807) is 17.0 Å². The summed E-state index contributed by atoms with van der Waals surface area (Å²) in [5, 5.41) is 11.4. The van der Waals surface area contributed by atoms with Crippen LogP contribution < -0.4 is 5.56 Å². The first kappa shape index (κ1) is 15.8. The molecule has 0 aliphatic carbocycles. The van der Waals surface area contributed by atoms with Crippen molar-refractivity contribution in [1.29, 1.82) is 0 Å². The maximum atomic E-state index is 12.4. The molecule has 2 heterocycles. The molecule has 120 valence electrons. The number of nitrogens with zero attached hydrogens (tertiary/aromatic N) is 1. The van der Waals surface area contributed by atoms with Gasteiger partial charge >= 0.3 is 0 Å². The number of benzene rings is 1. The van der Waals surface area contributed by atoms with Crippen molar-refractivity contribution in [3.05, 3.63) is 69.1 Å². The Labute approximate surface area is 138 Å². The van der Waals surface area contributed by atoms with Crippen LogP contribution in [0, 0.1) is 0 Å². The number of likely N-dealkylation sites (tertiary alicyclic amines) is 1. The Bertz CT molecular complexity index is 779. The van der Waals surface area contributed by atoms with Crippen LogP contribution in [0.3, 0.4) is 0 Å². The Balaban J connectivity index is 1.76. The van der Waals surface area contributed by atoms with Gasteiger partial charge in [0.05, 0.1) is 5.60 Å². The number of carbonyl (C=O) groups excluding carboxylic acids is 1. The Morgan fingerprint density at radius 1 is 1.17 bits per heavy atom. The lowest BCUT2D eigenvalue weighted by Gasteiger charge is -2.38. The van der Waals surface area contributed by atoms with Crippen molar-refractivity contribution in [2.75, 3.05) is 13.1 Å². The zero-order valence-electron chi connectivity index (χ0n) is 12.5. The monoisotopic (exact) mass is 332 g/mol. The van der Waals surface area contributed by atoms with E-state index in [1.165, 1.54) is 12.3 Å². The first-order valence-corrected chi connectivity index (χ1v) is 7.83. The van der Waals surface area contributed by atoms with Crippen molar-refractivity contribution in [3.8, 4) is 0 Å². The van der Waals surface area contributed by atoms with Crippen molar-refractivity contribution in [3.63, 3.8) is 0 Å². The molecule has 0 bridgehead atoms. The average Bonchev–Trinajstić information content (AvgIpc) is 2.56. The summed E-state index contributed by atoms with van der Waals surface area (Å²) < 4.78 is 0. The number of hydrogen-bond acceptors (Lipinski definition) is 3. The van der Waals surface area contributed by atoms with E-state index in [-0.39, 0.29) is 11.5 Å². The van der Waals surface area contributed by atoms with E-state index >= 15 is 0 Å². The zero-order chi connectivity index (χ0) is 16.4. The second kappa shape index (κ2) is 6.18. The lowest BCUT2D eigenvalue weighted by Crippen LogP contribution is -2.46. The highest BCUT2D eigenvalue weighted by Gasteiger charge is 2.37. The van der Waals surface area contributed by atoms with Crippen LogP contribution in [0.4, 0.5) is 0 Å². The molecule has 0 unspecified atom stereocenters. The second-order valence-electron chi connectivity index (χ2n) is 5.72. The number of aromatic amines is 1. The molecule has 2 N–H and O–H groups in total. The van der Waals surface area contributed by atoms with Crippen LogP contribution in [0.1, 0.15) is 28.8 Å². The fourth-order valence-corrected chi connectivity index (χ4v) is 3.26. The van der Waals surface area contributed by atoms with Gasteiger partial charge in [0.25, 0.3) is 11.5 Å². The molecule has 1 amide bonds. The molecular weight excluding hydrogens is 316 g/mol. The molecule has 0 spiro atoms. The van der Waals surface area contributed by atoms with Gasteiger partial charge in [-0.05, 0) is 31.0 Å². The smallest absolute Gasteiger partial charge is 0.260 e. The predicted molar refractivity (Wildman–Crippen MR) is 87.5 cm³/mol. The number of nitrogens with one attached hydrogen (secondary N) is 1. The standard InChI is InChI=1S/C17H17ClN2O3/c18-14-6-2-1-5-13(14)17(23)7-10-20(11-8-17)16(22)12-4-3-9-19-15(12)21/h1-6,9,23H,7-8,10-11H2,(H,19,21). The lowest BCUT2D eigenvalue weighted by atomic mass is 9.84. The lowest BCUT2D eigenvalue weighted by molar-refractivity contribution is -0.0210. The number of amides is 1. The summed E-state index contributed by atoms with van der Waals surface area (Å²) in [5.41, 5.74) is -0.635. The van der Waals surface area contributed by atoms with Crippen LogP contribution >= 0.6 is 11.6 Å². The molecule has 1 aromatic carbocycles. The molecule has 1 aromatic heterocycles. The molecule has 1 aliphatic heterocycles. The Kier molecular flexibility index (Phi) is 4.24. The number of H-pyrrole nitrogens is 1. The van der Waals surface area contributed by atoms with Gasteiger partial charge in [0, 0.05) is 29.9 Å². The molecule has 2 aromatic rings. The summed E-state index contributed by atoms with van der Waals surface area (Å²) in [6.07, 6.45) is 2.26. The van der Waals surface area contributed by atoms with E-state index in [1.807, 2.05) is 18.2 Å². The van der Waals surface area contributed by atoms with E-state index in [0.717, 1.165) is 0 Å². The van der Waals surface area contributed by atoms with Gasteiger partial charge in [-0.1, -0.05) is 29.8 Å². The van der Waals surface area contributed by atoms with Gasteiger partial charge in [0.2, 0.25) is 0 Å². The predicted octanol–water partition coefficient (Wildman–Crippen LogP) is 2.15. The highest BCUT2D eigenvalue weighted by atomic mass is 35.5. The highest BCUT2D eigenvalue weighted by Crippen LogP contribution is 2.36. The van der Waals surface area contributed by atoms with Crippen LogP contribution in [0.2, 0.25) is 5.02 Å². The second-order valence-corrected chi connectivity index (χ2v) is 6.12. The third-order valence-electron chi connectivity index (χ3n) is 4.30. The van der Waals surface area contributed by atoms with Crippen molar-refractivity contribution in [1.82, 2.24) is 9.88 Å². The van der Waals surface area contributed by atoms with E-state index in [2.05, 4.69) is 4.98 Å². The molecule has 0 atom stereocenters. The number of piperidine rings is 1. The molecule has 5 nitrogen and oxygen atoms in total. The summed E-state index contributed by atoms with van der Waals surface area (Å²) in [6.45, 7) is 0.740. The van der Waals surface area contributed by atoms with Gasteiger partial charge in [-0.2, -0.15) is 0 Å². The Morgan fingerprint density at radius 2 is 1.87 bits per heavy atom. The molecule has 1 saturated heterocycles.